The first-order valence-electron chi connectivity index (χ1n) is 4.53. The zero-order chi connectivity index (χ0) is 11.5. The largest absolute Gasteiger partial charge is 0.382 e. The number of anilines is 2. The van der Waals surface area contributed by atoms with Crippen molar-refractivity contribution in [1.29, 1.82) is 0 Å². The molecule has 1 amide bonds. The van der Waals surface area contributed by atoms with Gasteiger partial charge in [0.15, 0.2) is 0 Å². The molecule has 4 N–H and O–H groups in total. The molecule has 0 saturated heterocycles. The average Bonchev–Trinajstić information content (AvgIpc) is 2.68. The number of carbonyl (C=O) groups excluding carboxylic acids is 1. The number of nitrogens with one attached hydrogen (secondary N) is 2. The summed E-state index contributed by atoms with van der Waals surface area (Å²) in [7, 11) is 0. The first-order chi connectivity index (χ1) is 7.65. The molecule has 0 bridgehead atoms. The highest BCUT2D eigenvalue weighted by atomic mass is 127. The van der Waals surface area contributed by atoms with Gasteiger partial charge in [-0.25, -0.2) is 0 Å². The summed E-state index contributed by atoms with van der Waals surface area (Å²) in [5.41, 5.74) is 6.48. The maximum atomic E-state index is 11.7. The Morgan fingerprint density at radius 2 is 2.06 bits per heavy atom. The molecule has 0 saturated carbocycles. The van der Waals surface area contributed by atoms with E-state index in [9.17, 15) is 4.79 Å². The topological polar surface area (TPSA) is 83.8 Å². The van der Waals surface area contributed by atoms with Crippen LogP contribution in [0.25, 0.3) is 0 Å². The van der Waals surface area contributed by atoms with Crippen molar-refractivity contribution in [2.24, 2.45) is 0 Å². The number of rotatable bonds is 2. The van der Waals surface area contributed by atoms with Gasteiger partial charge in [-0.1, -0.05) is 0 Å². The van der Waals surface area contributed by atoms with Crippen LogP contribution >= 0.6 is 22.6 Å². The van der Waals surface area contributed by atoms with Crippen molar-refractivity contribution >= 4 is 40.0 Å². The van der Waals surface area contributed by atoms with Crippen LogP contribution in [0.4, 0.5) is 11.5 Å². The van der Waals surface area contributed by atoms with Gasteiger partial charge in [0, 0.05) is 15.3 Å². The van der Waals surface area contributed by atoms with E-state index in [0.29, 0.717) is 11.5 Å². The fourth-order valence-electron chi connectivity index (χ4n) is 1.19. The van der Waals surface area contributed by atoms with Gasteiger partial charge in [0.25, 0.3) is 5.91 Å². The minimum absolute atomic E-state index is 0.259. The highest BCUT2D eigenvalue weighted by Gasteiger charge is 2.08. The predicted molar refractivity (Wildman–Crippen MR) is 70.1 cm³/mol. The van der Waals surface area contributed by atoms with Crippen molar-refractivity contribution in [3.05, 3.63) is 39.6 Å². The molecule has 1 aromatic carbocycles. The lowest BCUT2D eigenvalue weighted by atomic mass is 10.3. The summed E-state index contributed by atoms with van der Waals surface area (Å²) in [5.74, 6) is 0.0400. The third-order valence-electron chi connectivity index (χ3n) is 1.94. The number of H-pyrrole nitrogens is 1. The standard InChI is InChI=1S/C10H9IN4O/c11-6-1-3-7(4-2-6)13-10(16)8-5-9(12)15-14-8/h1-5H,(H,13,16)(H3,12,14,15). The van der Waals surface area contributed by atoms with Crippen molar-refractivity contribution in [2.75, 3.05) is 11.1 Å². The third-order valence-corrected chi connectivity index (χ3v) is 2.66. The van der Waals surface area contributed by atoms with Gasteiger partial charge in [-0.2, -0.15) is 5.10 Å². The molecule has 0 radical (unpaired) electrons. The molecule has 0 aliphatic rings. The van der Waals surface area contributed by atoms with E-state index in [4.69, 9.17) is 5.73 Å². The van der Waals surface area contributed by atoms with Crippen LogP contribution in [0, 0.1) is 3.57 Å². The van der Waals surface area contributed by atoms with Crippen molar-refractivity contribution in [1.82, 2.24) is 10.2 Å². The molecule has 2 rings (SSSR count). The van der Waals surface area contributed by atoms with E-state index >= 15 is 0 Å². The molecular formula is C10H9IN4O. The van der Waals surface area contributed by atoms with Gasteiger partial charge < -0.3 is 11.1 Å². The molecule has 0 atom stereocenters. The van der Waals surface area contributed by atoms with E-state index in [1.165, 1.54) is 6.07 Å². The van der Waals surface area contributed by atoms with E-state index in [1.54, 1.807) is 0 Å². The number of benzene rings is 1. The van der Waals surface area contributed by atoms with Gasteiger partial charge in [-0.05, 0) is 46.9 Å². The van der Waals surface area contributed by atoms with Crippen LogP contribution in [0.1, 0.15) is 10.5 Å². The zero-order valence-electron chi connectivity index (χ0n) is 8.20. The molecule has 0 aliphatic heterocycles. The number of carbonyl (C=O) groups is 1. The van der Waals surface area contributed by atoms with Crippen LogP contribution in [0.2, 0.25) is 0 Å². The van der Waals surface area contributed by atoms with Gasteiger partial charge in [0.05, 0.1) is 0 Å². The summed E-state index contributed by atoms with van der Waals surface area (Å²) >= 11 is 2.20. The van der Waals surface area contributed by atoms with Crippen molar-refractivity contribution in [3.8, 4) is 0 Å². The molecule has 5 nitrogen and oxygen atoms in total. The number of aromatic amines is 1. The minimum Gasteiger partial charge on any atom is -0.382 e. The molecule has 0 fully saturated rings. The van der Waals surface area contributed by atoms with Crippen molar-refractivity contribution in [2.45, 2.75) is 0 Å². The second kappa shape index (κ2) is 4.52. The summed E-state index contributed by atoms with van der Waals surface area (Å²) in [4.78, 5) is 11.7. The van der Waals surface area contributed by atoms with E-state index < -0.39 is 0 Å². The highest BCUT2D eigenvalue weighted by molar-refractivity contribution is 14.1. The van der Waals surface area contributed by atoms with Gasteiger partial charge >= 0.3 is 0 Å². The second-order valence-electron chi connectivity index (χ2n) is 3.17. The zero-order valence-corrected chi connectivity index (χ0v) is 10.4. The monoisotopic (exact) mass is 328 g/mol. The lowest BCUT2D eigenvalue weighted by Crippen LogP contribution is -2.12. The number of amides is 1. The molecule has 2 aromatic rings. The Balaban J connectivity index is 2.10. The van der Waals surface area contributed by atoms with Crippen LogP contribution in [-0.4, -0.2) is 16.1 Å². The Morgan fingerprint density at radius 1 is 1.38 bits per heavy atom. The van der Waals surface area contributed by atoms with E-state index in [2.05, 4.69) is 38.1 Å². The number of nitrogens with zero attached hydrogens (tertiary/aromatic N) is 1. The number of aromatic nitrogens is 2. The Kier molecular flexibility index (Phi) is 3.09. The SMILES string of the molecule is Nc1cc(C(=O)Nc2ccc(I)cc2)[nH]n1. The Morgan fingerprint density at radius 3 is 2.62 bits per heavy atom. The van der Waals surface area contributed by atoms with Crippen LogP contribution in [0.3, 0.4) is 0 Å². The number of nitrogens with two attached hydrogens (primary N) is 1. The number of hydrogen-bond donors (Lipinski definition) is 3. The Bertz CT molecular complexity index is 506. The maximum Gasteiger partial charge on any atom is 0.273 e. The molecule has 1 aromatic heterocycles. The van der Waals surface area contributed by atoms with E-state index in [1.807, 2.05) is 24.3 Å². The number of hydrogen-bond acceptors (Lipinski definition) is 3. The summed E-state index contributed by atoms with van der Waals surface area (Å²) in [6.07, 6.45) is 0. The molecule has 0 spiro atoms. The van der Waals surface area contributed by atoms with Crippen molar-refractivity contribution < 1.29 is 4.79 Å². The molecule has 16 heavy (non-hydrogen) atoms. The first kappa shape index (κ1) is 10.9. The normalized spacial score (nSPS) is 10.1. The molecule has 1 heterocycles. The van der Waals surface area contributed by atoms with Crippen LogP contribution in [0.5, 0.6) is 0 Å². The lowest BCUT2D eigenvalue weighted by molar-refractivity contribution is 0.102. The summed E-state index contributed by atoms with van der Waals surface area (Å²) in [6.45, 7) is 0. The predicted octanol–water partition coefficient (Wildman–Crippen LogP) is 1.85. The molecule has 82 valence electrons. The van der Waals surface area contributed by atoms with Crippen LogP contribution < -0.4 is 11.1 Å². The second-order valence-corrected chi connectivity index (χ2v) is 4.41. The summed E-state index contributed by atoms with van der Waals surface area (Å²) < 4.78 is 1.11. The van der Waals surface area contributed by atoms with Crippen LogP contribution in [-0.2, 0) is 0 Å². The highest BCUT2D eigenvalue weighted by Crippen LogP contribution is 2.12. The minimum atomic E-state index is -0.259. The van der Waals surface area contributed by atoms with E-state index in [-0.39, 0.29) is 5.91 Å². The van der Waals surface area contributed by atoms with Crippen LogP contribution in [0.15, 0.2) is 30.3 Å². The Labute approximate surface area is 106 Å². The quantitative estimate of drug-likeness (QED) is 0.736. The molecule has 0 unspecified atom stereocenters. The Hall–Kier alpha value is -1.57. The number of halogens is 1. The number of nitrogen functional groups attached to an aromatic ring is 1. The lowest BCUT2D eigenvalue weighted by Gasteiger charge is -2.02. The van der Waals surface area contributed by atoms with E-state index in [0.717, 1.165) is 9.26 Å². The van der Waals surface area contributed by atoms with Gasteiger partial charge in [0.2, 0.25) is 0 Å². The van der Waals surface area contributed by atoms with Gasteiger partial charge in [-0.3, -0.25) is 9.89 Å². The maximum absolute atomic E-state index is 11.7. The fraction of sp³-hybridized carbons (Fsp3) is 0. The first-order valence-corrected chi connectivity index (χ1v) is 5.61. The molecular weight excluding hydrogens is 319 g/mol. The molecule has 6 heteroatoms. The van der Waals surface area contributed by atoms with Gasteiger partial charge in [0.1, 0.15) is 11.5 Å². The average molecular weight is 328 g/mol. The fourth-order valence-corrected chi connectivity index (χ4v) is 1.54. The third kappa shape index (κ3) is 2.51. The summed E-state index contributed by atoms with van der Waals surface area (Å²) in [6, 6.07) is 8.98. The molecule has 0 aliphatic carbocycles. The van der Waals surface area contributed by atoms with Crippen molar-refractivity contribution in [3.63, 3.8) is 0 Å². The summed E-state index contributed by atoms with van der Waals surface area (Å²) in [5, 5.41) is 8.96. The smallest absolute Gasteiger partial charge is 0.273 e. The van der Waals surface area contributed by atoms with Gasteiger partial charge in [-0.15, -0.1) is 0 Å².